The molecule has 0 aromatic heterocycles. The molecule has 1 N–H and O–H groups in total. The lowest BCUT2D eigenvalue weighted by Gasteiger charge is -2.36. The van der Waals surface area contributed by atoms with E-state index in [1.54, 1.807) is 18.2 Å². The topological polar surface area (TPSA) is 61.9 Å². The maximum absolute atomic E-state index is 12.8. The molecular formula is C19H19N3O3. The summed E-state index contributed by atoms with van der Waals surface area (Å²) in [4.78, 5) is 28.3. The van der Waals surface area contributed by atoms with Crippen LogP contribution >= 0.6 is 0 Å². The average molecular weight is 337 g/mol. The van der Waals surface area contributed by atoms with Gasteiger partial charge in [0.15, 0.2) is 6.61 Å². The number of benzene rings is 2. The smallest absolute Gasteiger partial charge is 0.262 e. The Morgan fingerprint density at radius 3 is 2.52 bits per heavy atom. The number of nitrogens with zero attached hydrogens (tertiary/aromatic N) is 2. The highest BCUT2D eigenvalue weighted by atomic mass is 16.5. The second kappa shape index (κ2) is 6.47. The highest BCUT2D eigenvalue weighted by Gasteiger charge is 2.24. The van der Waals surface area contributed by atoms with Gasteiger partial charge in [-0.05, 0) is 30.3 Å². The fourth-order valence-corrected chi connectivity index (χ4v) is 3.21. The molecule has 0 bridgehead atoms. The first-order chi connectivity index (χ1) is 12.2. The third-order valence-electron chi connectivity index (χ3n) is 4.55. The number of anilines is 2. The highest BCUT2D eigenvalue weighted by molar-refractivity contribution is 6.00. The summed E-state index contributed by atoms with van der Waals surface area (Å²) < 4.78 is 5.34. The largest absolute Gasteiger partial charge is 0.482 e. The highest BCUT2D eigenvalue weighted by Crippen LogP contribution is 2.29. The van der Waals surface area contributed by atoms with Gasteiger partial charge in [-0.1, -0.05) is 18.2 Å². The lowest BCUT2D eigenvalue weighted by molar-refractivity contribution is -0.118. The Hall–Kier alpha value is -3.02. The van der Waals surface area contributed by atoms with Crippen LogP contribution < -0.4 is 15.0 Å². The molecule has 0 aliphatic carbocycles. The number of nitrogens with one attached hydrogen (secondary N) is 1. The Bertz CT molecular complexity index is 799. The Morgan fingerprint density at radius 1 is 1.00 bits per heavy atom. The van der Waals surface area contributed by atoms with Crippen LogP contribution in [0.1, 0.15) is 10.4 Å². The molecule has 128 valence electrons. The maximum atomic E-state index is 12.8. The first-order valence-electron chi connectivity index (χ1n) is 8.37. The Labute approximate surface area is 146 Å². The Morgan fingerprint density at radius 2 is 1.76 bits per heavy atom. The van der Waals surface area contributed by atoms with Gasteiger partial charge in [0.1, 0.15) is 5.75 Å². The molecule has 0 radical (unpaired) electrons. The van der Waals surface area contributed by atoms with Gasteiger partial charge >= 0.3 is 0 Å². The van der Waals surface area contributed by atoms with E-state index in [1.807, 2.05) is 23.1 Å². The number of ether oxygens (including phenoxy) is 1. The second-order valence-corrected chi connectivity index (χ2v) is 6.16. The minimum absolute atomic E-state index is 0.0156. The normalized spacial score (nSPS) is 16.7. The number of hydrogen-bond donors (Lipinski definition) is 1. The van der Waals surface area contributed by atoms with Crippen LogP contribution in [0.5, 0.6) is 5.75 Å². The summed E-state index contributed by atoms with van der Waals surface area (Å²) in [6, 6.07) is 15.4. The SMILES string of the molecule is O=C1COc2ccc(C(=O)N3CCN(c4ccccc4)CC3)cc2N1. The molecule has 0 saturated carbocycles. The monoisotopic (exact) mass is 337 g/mol. The molecule has 4 rings (SSSR count). The lowest BCUT2D eigenvalue weighted by Crippen LogP contribution is -2.48. The predicted molar refractivity (Wildman–Crippen MR) is 95.1 cm³/mol. The van der Waals surface area contributed by atoms with Crippen LogP contribution in [0.4, 0.5) is 11.4 Å². The van der Waals surface area contributed by atoms with Crippen molar-refractivity contribution in [1.29, 1.82) is 0 Å². The Balaban J connectivity index is 1.44. The van der Waals surface area contributed by atoms with Crippen LogP contribution in [-0.4, -0.2) is 49.5 Å². The van der Waals surface area contributed by atoms with E-state index in [0.29, 0.717) is 30.1 Å². The van der Waals surface area contributed by atoms with E-state index in [4.69, 9.17) is 4.74 Å². The van der Waals surface area contributed by atoms with Gasteiger partial charge < -0.3 is 19.9 Å². The molecule has 2 aliphatic rings. The molecule has 2 heterocycles. The van der Waals surface area contributed by atoms with Gasteiger partial charge in [-0.15, -0.1) is 0 Å². The van der Waals surface area contributed by atoms with E-state index < -0.39 is 0 Å². The van der Waals surface area contributed by atoms with Crippen molar-refractivity contribution in [3.63, 3.8) is 0 Å². The first kappa shape index (κ1) is 15.5. The number of fused-ring (bicyclic) bond motifs is 1. The zero-order chi connectivity index (χ0) is 17.2. The summed E-state index contributed by atoms with van der Waals surface area (Å²) in [5.74, 6) is 0.383. The van der Waals surface area contributed by atoms with Gasteiger partial charge in [0.2, 0.25) is 0 Å². The van der Waals surface area contributed by atoms with Gasteiger partial charge in [0, 0.05) is 37.4 Å². The van der Waals surface area contributed by atoms with Crippen LogP contribution in [0.15, 0.2) is 48.5 Å². The van der Waals surface area contributed by atoms with E-state index in [1.165, 1.54) is 5.69 Å². The summed E-state index contributed by atoms with van der Waals surface area (Å²) in [7, 11) is 0. The zero-order valence-corrected chi connectivity index (χ0v) is 13.8. The number of piperazine rings is 1. The van der Waals surface area contributed by atoms with Gasteiger partial charge in [-0.25, -0.2) is 0 Å². The van der Waals surface area contributed by atoms with Crippen LogP contribution in [0.3, 0.4) is 0 Å². The summed E-state index contributed by atoms with van der Waals surface area (Å²) in [6.07, 6.45) is 0. The van der Waals surface area contributed by atoms with E-state index >= 15 is 0 Å². The summed E-state index contributed by atoms with van der Waals surface area (Å²) in [6.45, 7) is 2.98. The second-order valence-electron chi connectivity index (χ2n) is 6.16. The molecule has 25 heavy (non-hydrogen) atoms. The van der Waals surface area contributed by atoms with Gasteiger partial charge in [-0.3, -0.25) is 9.59 Å². The van der Waals surface area contributed by atoms with E-state index in [2.05, 4.69) is 22.3 Å². The molecular weight excluding hydrogens is 318 g/mol. The molecule has 1 saturated heterocycles. The first-order valence-corrected chi connectivity index (χ1v) is 8.37. The number of rotatable bonds is 2. The van der Waals surface area contributed by atoms with Crippen molar-refractivity contribution in [3.05, 3.63) is 54.1 Å². The summed E-state index contributed by atoms with van der Waals surface area (Å²) in [5, 5.41) is 2.74. The molecule has 0 unspecified atom stereocenters. The fraction of sp³-hybridized carbons (Fsp3) is 0.263. The molecule has 2 aliphatic heterocycles. The van der Waals surface area contributed by atoms with E-state index in [0.717, 1.165) is 13.1 Å². The lowest BCUT2D eigenvalue weighted by atomic mass is 10.1. The van der Waals surface area contributed by atoms with Crippen molar-refractivity contribution in [3.8, 4) is 5.75 Å². The van der Waals surface area contributed by atoms with E-state index in [-0.39, 0.29) is 18.4 Å². The van der Waals surface area contributed by atoms with Crippen molar-refractivity contribution in [2.24, 2.45) is 0 Å². The van der Waals surface area contributed by atoms with Crippen molar-refractivity contribution < 1.29 is 14.3 Å². The average Bonchev–Trinajstić information content (AvgIpc) is 2.67. The molecule has 2 aromatic rings. The van der Waals surface area contributed by atoms with Crippen LogP contribution in [0, 0.1) is 0 Å². The molecule has 2 amide bonds. The number of hydrogen-bond acceptors (Lipinski definition) is 4. The Kier molecular flexibility index (Phi) is 4.01. The minimum atomic E-state index is -0.200. The van der Waals surface area contributed by atoms with Crippen LogP contribution in [-0.2, 0) is 4.79 Å². The minimum Gasteiger partial charge on any atom is -0.482 e. The van der Waals surface area contributed by atoms with Crippen LogP contribution in [0.25, 0.3) is 0 Å². The van der Waals surface area contributed by atoms with Crippen molar-refractivity contribution >= 4 is 23.2 Å². The number of carbonyl (C=O) groups is 2. The van der Waals surface area contributed by atoms with Gasteiger partial charge in [-0.2, -0.15) is 0 Å². The predicted octanol–water partition coefficient (Wildman–Crippen LogP) is 1.98. The van der Waals surface area contributed by atoms with Crippen LogP contribution in [0.2, 0.25) is 0 Å². The standard InChI is InChI=1S/C19H19N3O3/c23-18-13-25-17-7-6-14(12-16(17)20-18)19(24)22-10-8-21(9-11-22)15-4-2-1-3-5-15/h1-7,12H,8-11,13H2,(H,20,23). The quantitative estimate of drug-likeness (QED) is 0.910. The number of para-hydroxylation sites is 1. The van der Waals surface area contributed by atoms with E-state index in [9.17, 15) is 9.59 Å². The molecule has 6 nitrogen and oxygen atoms in total. The maximum Gasteiger partial charge on any atom is 0.262 e. The summed E-state index contributed by atoms with van der Waals surface area (Å²) >= 11 is 0. The molecule has 6 heteroatoms. The number of amides is 2. The third-order valence-corrected chi connectivity index (χ3v) is 4.55. The summed E-state index contributed by atoms with van der Waals surface area (Å²) in [5.41, 5.74) is 2.31. The fourth-order valence-electron chi connectivity index (χ4n) is 3.21. The zero-order valence-electron chi connectivity index (χ0n) is 13.8. The van der Waals surface area contributed by atoms with Crippen molar-refractivity contribution in [1.82, 2.24) is 4.90 Å². The van der Waals surface area contributed by atoms with Gasteiger partial charge in [0.05, 0.1) is 5.69 Å². The van der Waals surface area contributed by atoms with Crippen molar-refractivity contribution in [2.45, 2.75) is 0 Å². The molecule has 2 aromatic carbocycles. The molecule has 1 fully saturated rings. The third kappa shape index (κ3) is 3.15. The molecule has 0 atom stereocenters. The van der Waals surface area contributed by atoms with Gasteiger partial charge in [0.25, 0.3) is 11.8 Å². The molecule has 0 spiro atoms. The van der Waals surface area contributed by atoms with Crippen molar-refractivity contribution in [2.75, 3.05) is 43.0 Å². The number of carbonyl (C=O) groups excluding carboxylic acids is 2.